The van der Waals surface area contributed by atoms with E-state index in [2.05, 4.69) is 5.32 Å². The van der Waals surface area contributed by atoms with Crippen LogP contribution in [0.15, 0.2) is 29.2 Å². The molecule has 0 saturated carbocycles. The van der Waals surface area contributed by atoms with Gasteiger partial charge in [-0.15, -0.1) is 0 Å². The van der Waals surface area contributed by atoms with E-state index in [1.54, 1.807) is 0 Å². The van der Waals surface area contributed by atoms with Crippen LogP contribution in [0.25, 0.3) is 0 Å². The zero-order valence-corrected chi connectivity index (χ0v) is 14.8. The quantitative estimate of drug-likeness (QED) is 0.518. The lowest BCUT2D eigenvalue weighted by Gasteiger charge is -2.12. The molecule has 1 amide bonds. The summed E-state index contributed by atoms with van der Waals surface area (Å²) in [5.74, 6) is -0.837. The Bertz CT molecular complexity index is 655. The molecule has 0 saturated heterocycles. The molecule has 0 spiro atoms. The van der Waals surface area contributed by atoms with Crippen LogP contribution in [0.4, 0.5) is 5.69 Å². The normalized spacial score (nSPS) is 11.3. The Labute approximate surface area is 141 Å². The van der Waals surface area contributed by atoms with E-state index in [0.29, 0.717) is 12.3 Å². The fourth-order valence-electron chi connectivity index (χ4n) is 1.67. The molecule has 24 heavy (non-hydrogen) atoms. The molecule has 9 heteroatoms. The van der Waals surface area contributed by atoms with Gasteiger partial charge in [-0.25, -0.2) is 12.7 Å². The lowest BCUT2D eigenvalue weighted by Crippen LogP contribution is -2.22. The van der Waals surface area contributed by atoms with Crippen molar-refractivity contribution in [3.63, 3.8) is 0 Å². The number of nitrogens with zero attached hydrogens (tertiary/aromatic N) is 1. The fourth-order valence-corrected chi connectivity index (χ4v) is 2.57. The first-order chi connectivity index (χ1) is 11.3. The number of anilines is 1. The number of carbonyl (C=O) groups is 2. The number of amides is 1. The van der Waals surface area contributed by atoms with Gasteiger partial charge in [-0.05, 0) is 24.3 Å². The third-order valence-electron chi connectivity index (χ3n) is 3.02. The van der Waals surface area contributed by atoms with Gasteiger partial charge in [0.05, 0.1) is 17.9 Å². The van der Waals surface area contributed by atoms with E-state index in [9.17, 15) is 18.0 Å². The van der Waals surface area contributed by atoms with Gasteiger partial charge in [0, 0.05) is 33.3 Å². The van der Waals surface area contributed by atoms with Crippen molar-refractivity contribution in [1.82, 2.24) is 4.31 Å². The Morgan fingerprint density at radius 1 is 1.08 bits per heavy atom. The van der Waals surface area contributed by atoms with Crippen LogP contribution in [-0.2, 0) is 29.1 Å². The van der Waals surface area contributed by atoms with Gasteiger partial charge in [0.25, 0.3) is 0 Å². The molecule has 134 valence electrons. The molecule has 1 N–H and O–H groups in total. The van der Waals surface area contributed by atoms with Crippen LogP contribution in [0.2, 0.25) is 0 Å². The highest BCUT2D eigenvalue weighted by molar-refractivity contribution is 7.89. The van der Waals surface area contributed by atoms with Gasteiger partial charge >= 0.3 is 5.97 Å². The predicted octanol–water partition coefficient (Wildman–Crippen LogP) is 0.845. The number of esters is 1. The van der Waals surface area contributed by atoms with Gasteiger partial charge in [0.15, 0.2) is 0 Å². The Morgan fingerprint density at radius 3 is 2.25 bits per heavy atom. The minimum atomic E-state index is -3.51. The van der Waals surface area contributed by atoms with E-state index in [1.807, 2.05) is 0 Å². The van der Waals surface area contributed by atoms with Crippen LogP contribution < -0.4 is 5.32 Å². The zero-order chi connectivity index (χ0) is 18.2. The highest BCUT2D eigenvalue weighted by Gasteiger charge is 2.16. The number of methoxy groups -OCH3 is 1. The van der Waals surface area contributed by atoms with Gasteiger partial charge in [-0.3, -0.25) is 9.59 Å². The lowest BCUT2D eigenvalue weighted by atomic mass is 10.2. The van der Waals surface area contributed by atoms with E-state index >= 15 is 0 Å². The van der Waals surface area contributed by atoms with Crippen molar-refractivity contribution in [3.05, 3.63) is 24.3 Å². The van der Waals surface area contributed by atoms with E-state index in [1.165, 1.54) is 45.5 Å². The molecule has 0 atom stereocenters. The van der Waals surface area contributed by atoms with Crippen LogP contribution in [0.3, 0.4) is 0 Å². The van der Waals surface area contributed by atoms with E-state index < -0.39 is 16.0 Å². The molecule has 0 aromatic heterocycles. The average Bonchev–Trinajstić information content (AvgIpc) is 2.53. The van der Waals surface area contributed by atoms with Gasteiger partial charge in [-0.2, -0.15) is 0 Å². The zero-order valence-electron chi connectivity index (χ0n) is 13.9. The highest BCUT2D eigenvalue weighted by atomic mass is 32.2. The Balaban J connectivity index is 2.49. The van der Waals surface area contributed by atoms with Gasteiger partial charge < -0.3 is 14.8 Å². The molecule has 0 aliphatic heterocycles. The van der Waals surface area contributed by atoms with Crippen molar-refractivity contribution in [2.75, 3.05) is 39.7 Å². The number of sulfonamides is 1. The fraction of sp³-hybridized carbons (Fsp3) is 0.467. The van der Waals surface area contributed by atoms with Gasteiger partial charge in [-0.1, -0.05) is 0 Å². The SMILES string of the molecule is COCCOC(=O)CCC(=O)Nc1ccc(S(=O)(=O)N(C)C)cc1. The van der Waals surface area contributed by atoms with Crippen LogP contribution in [0.1, 0.15) is 12.8 Å². The van der Waals surface area contributed by atoms with Crippen LogP contribution in [0, 0.1) is 0 Å². The predicted molar refractivity (Wildman–Crippen MR) is 88.0 cm³/mol. The molecule has 1 aromatic rings. The monoisotopic (exact) mass is 358 g/mol. The maximum Gasteiger partial charge on any atom is 0.306 e. The number of benzene rings is 1. The highest BCUT2D eigenvalue weighted by Crippen LogP contribution is 2.16. The van der Waals surface area contributed by atoms with Crippen molar-refractivity contribution in [2.45, 2.75) is 17.7 Å². The molecular weight excluding hydrogens is 336 g/mol. The number of carbonyl (C=O) groups excluding carboxylic acids is 2. The molecule has 0 radical (unpaired) electrons. The molecule has 0 fully saturated rings. The molecule has 0 aliphatic carbocycles. The summed E-state index contributed by atoms with van der Waals surface area (Å²) in [5, 5.41) is 2.59. The van der Waals surface area contributed by atoms with Crippen molar-refractivity contribution in [2.24, 2.45) is 0 Å². The minimum Gasteiger partial charge on any atom is -0.463 e. The minimum absolute atomic E-state index is 0.0242. The Hall–Kier alpha value is -1.97. The van der Waals surface area contributed by atoms with Gasteiger partial charge in [0.1, 0.15) is 6.61 Å². The second-order valence-electron chi connectivity index (χ2n) is 5.07. The van der Waals surface area contributed by atoms with E-state index in [0.717, 1.165) is 4.31 Å². The molecule has 0 bridgehead atoms. The topological polar surface area (TPSA) is 102 Å². The first-order valence-electron chi connectivity index (χ1n) is 7.24. The van der Waals surface area contributed by atoms with Crippen LogP contribution in [-0.4, -0.2) is 59.0 Å². The summed E-state index contributed by atoms with van der Waals surface area (Å²) in [7, 11) is 0.873. The van der Waals surface area contributed by atoms with Crippen LogP contribution in [0.5, 0.6) is 0 Å². The maximum absolute atomic E-state index is 11.9. The first-order valence-corrected chi connectivity index (χ1v) is 8.68. The third kappa shape index (κ3) is 6.26. The molecule has 8 nitrogen and oxygen atoms in total. The van der Waals surface area contributed by atoms with E-state index in [4.69, 9.17) is 9.47 Å². The van der Waals surface area contributed by atoms with E-state index in [-0.39, 0.29) is 30.3 Å². The molecular formula is C15H22N2O6S. The maximum atomic E-state index is 11.9. The van der Waals surface area contributed by atoms with Crippen molar-refractivity contribution in [1.29, 1.82) is 0 Å². The second-order valence-corrected chi connectivity index (χ2v) is 7.23. The molecule has 1 aromatic carbocycles. The lowest BCUT2D eigenvalue weighted by molar-refractivity contribution is -0.145. The third-order valence-corrected chi connectivity index (χ3v) is 4.85. The van der Waals surface area contributed by atoms with Gasteiger partial charge in [0.2, 0.25) is 15.9 Å². The number of ether oxygens (including phenoxy) is 2. The summed E-state index contributed by atoms with van der Waals surface area (Å²) in [4.78, 5) is 23.3. The number of rotatable bonds is 9. The summed E-state index contributed by atoms with van der Waals surface area (Å²) in [5.41, 5.74) is 0.449. The number of hydrogen-bond donors (Lipinski definition) is 1. The molecule has 0 unspecified atom stereocenters. The standard InChI is InChI=1S/C15H22N2O6S/c1-17(2)24(20,21)13-6-4-12(5-7-13)16-14(18)8-9-15(19)23-11-10-22-3/h4-7H,8-11H2,1-3H3,(H,16,18). The second kappa shape index (κ2) is 9.36. The molecule has 1 rings (SSSR count). The van der Waals surface area contributed by atoms with Crippen LogP contribution >= 0.6 is 0 Å². The summed E-state index contributed by atoms with van der Waals surface area (Å²) < 4.78 is 34.6. The number of hydrogen-bond acceptors (Lipinski definition) is 6. The Kier molecular flexibility index (Phi) is 7.83. The smallest absolute Gasteiger partial charge is 0.306 e. The number of nitrogens with one attached hydrogen (secondary N) is 1. The average molecular weight is 358 g/mol. The molecule has 0 heterocycles. The Morgan fingerprint density at radius 2 is 1.71 bits per heavy atom. The first kappa shape index (κ1) is 20.1. The summed E-state index contributed by atoms with van der Waals surface area (Å²) >= 11 is 0. The summed E-state index contributed by atoms with van der Waals surface area (Å²) in [6.07, 6.45) is -0.0633. The summed E-state index contributed by atoms with van der Waals surface area (Å²) in [6.45, 7) is 0.457. The van der Waals surface area contributed by atoms with Crippen molar-refractivity contribution < 1.29 is 27.5 Å². The molecule has 0 aliphatic rings. The van der Waals surface area contributed by atoms with Crippen molar-refractivity contribution in [3.8, 4) is 0 Å². The summed E-state index contributed by atoms with van der Waals surface area (Å²) in [6, 6.07) is 5.80. The largest absolute Gasteiger partial charge is 0.463 e. The van der Waals surface area contributed by atoms with Crippen molar-refractivity contribution >= 4 is 27.6 Å².